The minimum atomic E-state index is -0.372. The number of benzene rings is 2. The molecule has 7 nitrogen and oxygen atoms in total. The Morgan fingerprint density at radius 2 is 1.84 bits per heavy atom. The maximum Gasteiger partial charge on any atom is 0.276 e. The molecule has 1 saturated heterocycles. The highest BCUT2D eigenvalue weighted by Crippen LogP contribution is 2.52. The van der Waals surface area contributed by atoms with Crippen molar-refractivity contribution in [3.05, 3.63) is 78.3 Å². The first-order valence-electron chi connectivity index (χ1n) is 12.9. The zero-order chi connectivity index (χ0) is 26.5. The Morgan fingerprint density at radius 1 is 1.08 bits per heavy atom. The molecule has 4 aromatic rings. The number of fused-ring (bicyclic) bond motifs is 2. The first-order valence-corrected chi connectivity index (χ1v) is 13.8. The minimum absolute atomic E-state index is 0.0719. The molecule has 2 aliphatic rings. The summed E-state index contributed by atoms with van der Waals surface area (Å²) in [5.41, 5.74) is 1.89. The van der Waals surface area contributed by atoms with Gasteiger partial charge in [-0.05, 0) is 42.2 Å². The molecule has 196 valence electrons. The number of aromatic nitrogens is 4. The van der Waals surface area contributed by atoms with Gasteiger partial charge in [0.05, 0.1) is 11.4 Å². The van der Waals surface area contributed by atoms with E-state index in [0.29, 0.717) is 34.0 Å². The van der Waals surface area contributed by atoms with E-state index in [-0.39, 0.29) is 28.6 Å². The monoisotopic (exact) mass is 531 g/mol. The van der Waals surface area contributed by atoms with E-state index in [1.165, 1.54) is 24.1 Å². The van der Waals surface area contributed by atoms with E-state index < -0.39 is 0 Å². The van der Waals surface area contributed by atoms with Crippen LogP contribution >= 0.6 is 11.8 Å². The largest absolute Gasteiger partial charge is 0.447 e. The Hall–Kier alpha value is -3.46. The number of likely N-dealkylation sites (tertiary alicyclic amines) is 1. The first-order chi connectivity index (χ1) is 18.2. The lowest BCUT2D eigenvalue weighted by molar-refractivity contribution is 0.0702. The molecule has 1 aliphatic carbocycles. The molecule has 0 N–H and O–H groups in total. The summed E-state index contributed by atoms with van der Waals surface area (Å²) < 4.78 is 22.2. The van der Waals surface area contributed by atoms with Gasteiger partial charge in [-0.3, -0.25) is 9.36 Å². The number of amides is 1. The second kappa shape index (κ2) is 9.38. The Balaban J connectivity index is 1.22. The average molecular weight is 532 g/mol. The highest BCUT2D eigenvalue weighted by molar-refractivity contribution is 7.98. The van der Waals surface area contributed by atoms with Crippen molar-refractivity contribution in [2.24, 2.45) is 10.8 Å². The molecular formula is C29H30FN5O2S. The van der Waals surface area contributed by atoms with Crippen molar-refractivity contribution >= 4 is 17.7 Å². The molecule has 2 atom stereocenters. The SMILES string of the molecule is CC1(C)CC2CC(C)(CN2C(=O)c2coc(CSc3nnc(-c4ccccc4)n3-c3ccccc3F)n2)C1. The Labute approximate surface area is 225 Å². The van der Waals surface area contributed by atoms with Gasteiger partial charge in [0.15, 0.2) is 16.7 Å². The summed E-state index contributed by atoms with van der Waals surface area (Å²) in [6.07, 6.45) is 4.61. The average Bonchev–Trinajstić information content (AvgIpc) is 3.58. The molecule has 2 bridgehead atoms. The summed E-state index contributed by atoms with van der Waals surface area (Å²) in [4.78, 5) is 19.9. The van der Waals surface area contributed by atoms with E-state index in [9.17, 15) is 9.18 Å². The van der Waals surface area contributed by atoms with Crippen molar-refractivity contribution in [2.45, 2.75) is 57.0 Å². The molecule has 38 heavy (non-hydrogen) atoms. The van der Waals surface area contributed by atoms with Crippen LogP contribution in [0.5, 0.6) is 0 Å². The van der Waals surface area contributed by atoms with Crippen LogP contribution < -0.4 is 0 Å². The summed E-state index contributed by atoms with van der Waals surface area (Å²) in [6, 6.07) is 16.3. The van der Waals surface area contributed by atoms with Crippen molar-refractivity contribution < 1.29 is 13.6 Å². The van der Waals surface area contributed by atoms with Gasteiger partial charge in [0.25, 0.3) is 5.91 Å². The van der Waals surface area contributed by atoms with Crippen LogP contribution in [0, 0.1) is 16.6 Å². The molecule has 6 rings (SSSR count). The summed E-state index contributed by atoms with van der Waals surface area (Å²) in [7, 11) is 0. The van der Waals surface area contributed by atoms with Gasteiger partial charge in [-0.25, -0.2) is 9.37 Å². The Bertz CT molecular complexity index is 1480. The lowest BCUT2D eigenvalue weighted by Crippen LogP contribution is -2.37. The van der Waals surface area contributed by atoms with Gasteiger partial charge < -0.3 is 9.32 Å². The van der Waals surface area contributed by atoms with Crippen molar-refractivity contribution in [2.75, 3.05) is 6.54 Å². The van der Waals surface area contributed by atoms with E-state index in [4.69, 9.17) is 4.42 Å². The summed E-state index contributed by atoms with van der Waals surface area (Å²) in [5, 5.41) is 9.22. The van der Waals surface area contributed by atoms with Crippen molar-refractivity contribution in [3.63, 3.8) is 0 Å². The molecule has 3 heterocycles. The fourth-order valence-corrected chi connectivity index (χ4v) is 7.23. The van der Waals surface area contributed by atoms with Crippen LogP contribution in [0.2, 0.25) is 0 Å². The number of hydrogen-bond donors (Lipinski definition) is 0. The van der Waals surface area contributed by atoms with Gasteiger partial charge in [-0.15, -0.1) is 10.2 Å². The number of oxazole rings is 1. The second-order valence-corrected chi connectivity index (χ2v) is 12.5. The fraction of sp³-hybridized carbons (Fsp3) is 0.379. The topological polar surface area (TPSA) is 77.0 Å². The number of carbonyl (C=O) groups excluding carboxylic acids is 1. The first kappa shape index (κ1) is 24.9. The van der Waals surface area contributed by atoms with Crippen LogP contribution in [-0.2, 0) is 5.75 Å². The summed E-state index contributed by atoms with van der Waals surface area (Å²) in [5.74, 6) is 0.831. The number of thioether (sulfide) groups is 1. The number of carbonyl (C=O) groups is 1. The van der Waals surface area contributed by atoms with Crippen LogP contribution in [0.15, 0.2) is 70.4 Å². The summed E-state index contributed by atoms with van der Waals surface area (Å²) >= 11 is 1.33. The zero-order valence-corrected chi connectivity index (χ0v) is 22.5. The zero-order valence-electron chi connectivity index (χ0n) is 21.7. The molecule has 1 aliphatic heterocycles. The quantitative estimate of drug-likeness (QED) is 0.268. The molecule has 2 unspecified atom stereocenters. The molecule has 1 saturated carbocycles. The van der Waals surface area contributed by atoms with E-state index in [0.717, 1.165) is 31.4 Å². The minimum Gasteiger partial charge on any atom is -0.447 e. The van der Waals surface area contributed by atoms with Crippen LogP contribution in [-0.4, -0.2) is 43.1 Å². The molecular weight excluding hydrogens is 501 g/mol. The van der Waals surface area contributed by atoms with Crippen molar-refractivity contribution in [3.8, 4) is 17.1 Å². The van der Waals surface area contributed by atoms with E-state index in [2.05, 4.69) is 36.0 Å². The lowest BCUT2D eigenvalue weighted by Gasteiger charge is -2.39. The molecule has 9 heteroatoms. The smallest absolute Gasteiger partial charge is 0.276 e. The van der Waals surface area contributed by atoms with E-state index >= 15 is 0 Å². The normalized spacial score (nSPS) is 22.1. The third-order valence-electron chi connectivity index (χ3n) is 7.53. The number of nitrogens with zero attached hydrogens (tertiary/aromatic N) is 5. The third-order valence-corrected chi connectivity index (χ3v) is 8.44. The lowest BCUT2D eigenvalue weighted by atomic mass is 9.65. The summed E-state index contributed by atoms with van der Waals surface area (Å²) in [6.45, 7) is 7.62. The Kier molecular flexibility index (Phi) is 6.13. The van der Waals surface area contributed by atoms with Crippen LogP contribution in [0.4, 0.5) is 4.39 Å². The van der Waals surface area contributed by atoms with Gasteiger partial charge >= 0.3 is 0 Å². The number of rotatable bonds is 6. The third kappa shape index (κ3) is 4.64. The number of halogens is 1. The van der Waals surface area contributed by atoms with Crippen molar-refractivity contribution in [1.29, 1.82) is 0 Å². The fourth-order valence-electron chi connectivity index (χ4n) is 6.43. The van der Waals surface area contributed by atoms with Gasteiger partial charge in [-0.1, -0.05) is 75.0 Å². The van der Waals surface area contributed by atoms with Crippen LogP contribution in [0.25, 0.3) is 17.1 Å². The molecule has 2 aromatic carbocycles. The highest BCUT2D eigenvalue weighted by atomic mass is 32.2. The maximum absolute atomic E-state index is 14.8. The van der Waals surface area contributed by atoms with Crippen LogP contribution in [0.3, 0.4) is 0 Å². The molecule has 1 amide bonds. The van der Waals surface area contributed by atoms with Gasteiger partial charge in [-0.2, -0.15) is 0 Å². The van der Waals surface area contributed by atoms with Crippen molar-refractivity contribution in [1.82, 2.24) is 24.6 Å². The molecule has 2 aromatic heterocycles. The predicted molar refractivity (Wildman–Crippen MR) is 143 cm³/mol. The van der Waals surface area contributed by atoms with Gasteiger partial charge in [0.1, 0.15) is 12.1 Å². The van der Waals surface area contributed by atoms with Crippen LogP contribution in [0.1, 0.15) is 56.4 Å². The Morgan fingerprint density at radius 3 is 2.63 bits per heavy atom. The standard InChI is InChI=1S/C29H30FN5O2S/c1-28(2)13-20-14-29(3,17-28)18-34(20)26(36)22-15-37-24(31-22)16-38-27-33-32-25(19-9-5-4-6-10-19)35(27)23-12-8-7-11-21(23)30/h4-12,15,20H,13-14,16-18H2,1-3H3. The molecule has 0 radical (unpaired) electrons. The highest BCUT2D eigenvalue weighted by Gasteiger charge is 2.51. The molecule has 2 fully saturated rings. The second-order valence-electron chi connectivity index (χ2n) is 11.5. The number of hydrogen-bond acceptors (Lipinski definition) is 6. The maximum atomic E-state index is 14.8. The molecule has 0 spiro atoms. The van der Waals surface area contributed by atoms with Gasteiger partial charge in [0.2, 0.25) is 5.89 Å². The number of para-hydroxylation sites is 1. The van der Waals surface area contributed by atoms with E-state index in [1.54, 1.807) is 22.8 Å². The predicted octanol–water partition coefficient (Wildman–Crippen LogP) is 6.39. The van der Waals surface area contributed by atoms with E-state index in [1.807, 2.05) is 35.2 Å². The van der Waals surface area contributed by atoms with Gasteiger partial charge in [0, 0.05) is 18.2 Å².